The number of hydrogen-bond donors (Lipinski definition) is 0. The van der Waals surface area contributed by atoms with Crippen LogP contribution in [0.4, 0.5) is 5.69 Å². The van der Waals surface area contributed by atoms with Crippen molar-refractivity contribution in [3.05, 3.63) is 83.9 Å². The summed E-state index contributed by atoms with van der Waals surface area (Å²) in [4.78, 5) is 2.44. The molecular weight excluding hydrogens is 254 g/mol. The zero-order valence-electron chi connectivity index (χ0n) is 11.9. The average Bonchev–Trinajstić information content (AvgIpc) is 2.56. The Morgan fingerprint density at radius 3 is 2.62 bits per heavy atom. The number of fused-ring (bicyclic) bond motifs is 2. The van der Waals surface area contributed by atoms with Gasteiger partial charge < -0.3 is 4.90 Å². The van der Waals surface area contributed by atoms with Gasteiger partial charge >= 0.3 is 0 Å². The molecule has 0 atom stereocenters. The first kappa shape index (κ1) is 12.2. The van der Waals surface area contributed by atoms with Gasteiger partial charge in [0.15, 0.2) is 0 Å². The van der Waals surface area contributed by atoms with E-state index in [-0.39, 0.29) is 0 Å². The van der Waals surface area contributed by atoms with Crippen molar-refractivity contribution in [2.75, 3.05) is 11.4 Å². The summed E-state index contributed by atoms with van der Waals surface area (Å²) >= 11 is 0. The minimum absolute atomic E-state index is 0.947. The molecule has 1 heteroatoms. The van der Waals surface area contributed by atoms with Crippen molar-refractivity contribution in [3.63, 3.8) is 0 Å². The van der Waals surface area contributed by atoms with Crippen molar-refractivity contribution in [1.29, 1.82) is 0 Å². The third-order valence-electron chi connectivity index (χ3n) is 4.14. The Labute approximate surface area is 125 Å². The second-order valence-electron chi connectivity index (χ2n) is 5.48. The van der Waals surface area contributed by atoms with Crippen LogP contribution in [0.25, 0.3) is 16.8 Å². The van der Waals surface area contributed by atoms with Crippen LogP contribution in [0.3, 0.4) is 0 Å². The summed E-state index contributed by atoms with van der Waals surface area (Å²) in [5.41, 5.74) is 4.02. The number of nitrogens with zero attached hydrogens (tertiary/aromatic N) is 1. The lowest BCUT2D eigenvalue weighted by Crippen LogP contribution is -2.25. The number of anilines is 1. The SMILES string of the molecule is C1=Cc2ccccc2N(Cc2cccc3ccccc23)C1. The van der Waals surface area contributed by atoms with Gasteiger partial charge in [-0.3, -0.25) is 0 Å². The number of hydrogen-bond acceptors (Lipinski definition) is 1. The molecule has 0 spiro atoms. The van der Waals surface area contributed by atoms with Gasteiger partial charge in [0.2, 0.25) is 0 Å². The van der Waals surface area contributed by atoms with Crippen LogP contribution in [0, 0.1) is 0 Å². The lowest BCUT2D eigenvalue weighted by atomic mass is 10.0. The monoisotopic (exact) mass is 271 g/mol. The standard InChI is InChI=1S/C20H17N/c1-3-12-19-16(7-1)9-5-10-18(19)15-21-14-6-11-17-8-2-4-13-20(17)21/h1-13H,14-15H2. The molecule has 102 valence electrons. The molecule has 21 heavy (non-hydrogen) atoms. The highest BCUT2D eigenvalue weighted by molar-refractivity contribution is 5.86. The zero-order valence-corrected chi connectivity index (χ0v) is 11.9. The van der Waals surface area contributed by atoms with E-state index in [1.807, 2.05) is 0 Å². The summed E-state index contributed by atoms with van der Waals surface area (Å²) in [5.74, 6) is 0. The van der Waals surface area contributed by atoms with Gasteiger partial charge in [-0.1, -0.05) is 72.8 Å². The van der Waals surface area contributed by atoms with E-state index in [9.17, 15) is 0 Å². The van der Waals surface area contributed by atoms with Gasteiger partial charge in [0.25, 0.3) is 0 Å². The van der Waals surface area contributed by atoms with Gasteiger partial charge in [-0.25, -0.2) is 0 Å². The summed E-state index contributed by atoms with van der Waals surface area (Å²) in [6.07, 6.45) is 4.46. The highest BCUT2D eigenvalue weighted by atomic mass is 15.1. The molecule has 0 amide bonds. The number of benzene rings is 3. The predicted molar refractivity (Wildman–Crippen MR) is 90.5 cm³/mol. The van der Waals surface area contributed by atoms with Crippen molar-refractivity contribution in [2.24, 2.45) is 0 Å². The summed E-state index contributed by atoms with van der Waals surface area (Å²) in [6, 6.07) is 23.8. The molecule has 0 fully saturated rings. The molecule has 0 radical (unpaired) electrons. The van der Waals surface area contributed by atoms with Crippen LogP contribution in [0.5, 0.6) is 0 Å². The molecule has 0 bridgehead atoms. The second kappa shape index (κ2) is 5.10. The molecule has 0 N–H and O–H groups in total. The maximum absolute atomic E-state index is 2.44. The maximum Gasteiger partial charge on any atom is 0.0445 e. The first-order valence-electron chi connectivity index (χ1n) is 7.39. The molecule has 0 unspecified atom stereocenters. The van der Waals surface area contributed by atoms with Gasteiger partial charge in [-0.2, -0.15) is 0 Å². The van der Waals surface area contributed by atoms with E-state index in [1.54, 1.807) is 0 Å². The second-order valence-corrected chi connectivity index (χ2v) is 5.48. The fourth-order valence-corrected chi connectivity index (χ4v) is 3.11. The van der Waals surface area contributed by atoms with E-state index in [0.29, 0.717) is 0 Å². The Morgan fingerprint density at radius 2 is 1.62 bits per heavy atom. The molecule has 4 rings (SSSR count). The van der Waals surface area contributed by atoms with Crippen LogP contribution in [-0.4, -0.2) is 6.54 Å². The minimum atomic E-state index is 0.947. The van der Waals surface area contributed by atoms with E-state index in [4.69, 9.17) is 0 Å². The molecule has 3 aromatic rings. The van der Waals surface area contributed by atoms with Gasteiger partial charge in [0, 0.05) is 18.8 Å². The van der Waals surface area contributed by atoms with E-state index in [0.717, 1.165) is 13.1 Å². The van der Waals surface area contributed by atoms with Crippen molar-refractivity contribution >= 4 is 22.5 Å². The van der Waals surface area contributed by atoms with Crippen LogP contribution >= 0.6 is 0 Å². The first-order chi connectivity index (χ1) is 10.4. The highest BCUT2D eigenvalue weighted by Gasteiger charge is 2.13. The van der Waals surface area contributed by atoms with E-state index in [1.165, 1.54) is 27.6 Å². The van der Waals surface area contributed by atoms with Crippen molar-refractivity contribution in [1.82, 2.24) is 0 Å². The average molecular weight is 271 g/mol. The van der Waals surface area contributed by atoms with Crippen LogP contribution < -0.4 is 4.90 Å². The van der Waals surface area contributed by atoms with E-state index in [2.05, 4.69) is 83.8 Å². The van der Waals surface area contributed by atoms with Crippen LogP contribution in [0.1, 0.15) is 11.1 Å². The van der Waals surface area contributed by atoms with Gasteiger partial charge in [-0.05, 0) is 28.0 Å². The molecular formula is C20H17N. The van der Waals surface area contributed by atoms with Crippen LogP contribution in [0.15, 0.2) is 72.8 Å². The maximum atomic E-state index is 2.44. The molecule has 0 saturated carbocycles. The third kappa shape index (κ3) is 2.21. The molecule has 1 aliphatic rings. The third-order valence-corrected chi connectivity index (χ3v) is 4.14. The van der Waals surface area contributed by atoms with Crippen molar-refractivity contribution < 1.29 is 0 Å². The molecule has 0 aliphatic carbocycles. The smallest absolute Gasteiger partial charge is 0.0445 e. The largest absolute Gasteiger partial charge is 0.363 e. The van der Waals surface area contributed by atoms with Gasteiger partial charge in [0.1, 0.15) is 0 Å². The Hall–Kier alpha value is -2.54. The fourth-order valence-electron chi connectivity index (χ4n) is 3.11. The summed E-state index contributed by atoms with van der Waals surface area (Å²) in [7, 11) is 0. The Balaban J connectivity index is 1.74. The van der Waals surface area contributed by atoms with Gasteiger partial charge in [-0.15, -0.1) is 0 Å². The summed E-state index contributed by atoms with van der Waals surface area (Å²) in [6.45, 7) is 1.92. The lowest BCUT2D eigenvalue weighted by molar-refractivity contribution is 0.866. The minimum Gasteiger partial charge on any atom is -0.363 e. The molecule has 1 nitrogen and oxygen atoms in total. The number of para-hydroxylation sites is 1. The van der Waals surface area contributed by atoms with Crippen LogP contribution in [0.2, 0.25) is 0 Å². The molecule has 0 saturated heterocycles. The topological polar surface area (TPSA) is 3.24 Å². The number of rotatable bonds is 2. The van der Waals surface area contributed by atoms with E-state index >= 15 is 0 Å². The molecule has 1 aliphatic heterocycles. The summed E-state index contributed by atoms with van der Waals surface area (Å²) in [5, 5.41) is 2.67. The summed E-state index contributed by atoms with van der Waals surface area (Å²) < 4.78 is 0. The Kier molecular flexibility index (Phi) is 2.97. The first-order valence-corrected chi connectivity index (χ1v) is 7.39. The highest BCUT2D eigenvalue weighted by Crippen LogP contribution is 2.28. The van der Waals surface area contributed by atoms with E-state index < -0.39 is 0 Å². The fraction of sp³-hybridized carbons (Fsp3) is 0.100. The Morgan fingerprint density at radius 1 is 0.810 bits per heavy atom. The quantitative estimate of drug-likeness (QED) is 0.642. The van der Waals surface area contributed by atoms with Crippen molar-refractivity contribution in [3.8, 4) is 0 Å². The van der Waals surface area contributed by atoms with Crippen LogP contribution in [-0.2, 0) is 6.54 Å². The zero-order chi connectivity index (χ0) is 14.1. The lowest BCUT2D eigenvalue weighted by Gasteiger charge is -2.28. The normalized spacial score (nSPS) is 13.4. The van der Waals surface area contributed by atoms with Crippen molar-refractivity contribution in [2.45, 2.75) is 6.54 Å². The molecule has 3 aromatic carbocycles. The predicted octanol–water partition coefficient (Wildman–Crippen LogP) is 4.87. The molecule has 1 heterocycles. The van der Waals surface area contributed by atoms with Gasteiger partial charge in [0.05, 0.1) is 0 Å². The molecule has 0 aromatic heterocycles. The Bertz CT molecular complexity index is 811.